The minimum absolute atomic E-state index is 0.0378. The second kappa shape index (κ2) is 7.07. The molecule has 0 aliphatic heterocycles. The number of hydrogen-bond acceptors (Lipinski definition) is 3. The molecule has 0 aliphatic carbocycles. The first-order chi connectivity index (χ1) is 9.36. The molecule has 6 heteroatoms. The Morgan fingerprint density at radius 3 is 2.45 bits per heavy atom. The monoisotopic (exact) mass is 287 g/mol. The summed E-state index contributed by atoms with van der Waals surface area (Å²) >= 11 is 0. The molecule has 1 rings (SSSR count). The van der Waals surface area contributed by atoms with Crippen LogP contribution in [0.25, 0.3) is 0 Å². The normalized spacial score (nSPS) is 15.1. The van der Waals surface area contributed by atoms with Crippen molar-refractivity contribution in [3.8, 4) is 0 Å². The Balaban J connectivity index is 2.91. The van der Waals surface area contributed by atoms with Crippen LogP contribution in [0.3, 0.4) is 0 Å². The fourth-order valence-corrected chi connectivity index (χ4v) is 1.61. The Labute approximate surface area is 115 Å². The number of alkyl halides is 3. The van der Waals surface area contributed by atoms with Gasteiger partial charge in [0.2, 0.25) is 0 Å². The van der Waals surface area contributed by atoms with Crippen LogP contribution in [0.4, 0.5) is 13.2 Å². The molecule has 0 bridgehead atoms. The molecule has 110 valence electrons. The fraction of sp³-hybridized carbons (Fsp3) is 0.429. The van der Waals surface area contributed by atoms with Crippen LogP contribution >= 0.6 is 0 Å². The van der Waals surface area contributed by atoms with E-state index in [4.69, 9.17) is 0 Å². The molecular weight excluding hydrogens is 271 g/mol. The van der Waals surface area contributed by atoms with Gasteiger partial charge < -0.3 is 4.74 Å². The van der Waals surface area contributed by atoms with Crippen LogP contribution in [0.1, 0.15) is 19.4 Å². The zero-order valence-corrected chi connectivity index (χ0v) is 11.2. The van der Waals surface area contributed by atoms with Crippen molar-refractivity contribution in [2.24, 2.45) is 10.9 Å². The van der Waals surface area contributed by atoms with Crippen LogP contribution in [-0.4, -0.2) is 31.0 Å². The third-order valence-electron chi connectivity index (χ3n) is 2.65. The van der Waals surface area contributed by atoms with Gasteiger partial charge in [0.1, 0.15) is 0 Å². The van der Waals surface area contributed by atoms with Crippen molar-refractivity contribution in [2.45, 2.75) is 26.1 Å². The van der Waals surface area contributed by atoms with Gasteiger partial charge in [-0.15, -0.1) is 0 Å². The first-order valence-electron chi connectivity index (χ1n) is 6.17. The van der Waals surface area contributed by atoms with Gasteiger partial charge >= 0.3 is 12.1 Å². The van der Waals surface area contributed by atoms with Crippen molar-refractivity contribution < 1.29 is 22.7 Å². The lowest BCUT2D eigenvalue weighted by molar-refractivity contribution is -0.173. The number of ether oxygens (including phenoxy) is 1. The molecule has 3 nitrogen and oxygen atoms in total. The van der Waals surface area contributed by atoms with E-state index in [0.29, 0.717) is 5.56 Å². The number of carbonyl (C=O) groups is 1. The number of carbonyl (C=O) groups excluding carboxylic acids is 1. The van der Waals surface area contributed by atoms with Gasteiger partial charge in [-0.1, -0.05) is 30.3 Å². The zero-order chi connectivity index (χ0) is 15.2. The summed E-state index contributed by atoms with van der Waals surface area (Å²) in [5.41, 5.74) is 0.540. The summed E-state index contributed by atoms with van der Waals surface area (Å²) in [7, 11) is 0. The van der Waals surface area contributed by atoms with E-state index in [1.807, 2.05) is 0 Å². The van der Waals surface area contributed by atoms with E-state index in [1.165, 1.54) is 6.92 Å². The highest BCUT2D eigenvalue weighted by atomic mass is 19.4. The van der Waals surface area contributed by atoms with Crippen LogP contribution in [-0.2, 0) is 9.53 Å². The number of nitrogens with zero attached hydrogens (tertiary/aromatic N) is 1. The van der Waals surface area contributed by atoms with Crippen LogP contribution in [0.2, 0.25) is 0 Å². The highest BCUT2D eigenvalue weighted by Gasteiger charge is 2.46. The number of hydrogen-bond donors (Lipinski definition) is 0. The molecule has 1 aromatic carbocycles. The van der Waals surface area contributed by atoms with Crippen LogP contribution in [0.5, 0.6) is 0 Å². The lowest BCUT2D eigenvalue weighted by Gasteiger charge is -2.21. The third-order valence-corrected chi connectivity index (χ3v) is 2.65. The molecule has 0 spiro atoms. The van der Waals surface area contributed by atoms with Crippen molar-refractivity contribution >= 4 is 12.2 Å². The van der Waals surface area contributed by atoms with Gasteiger partial charge in [-0.05, 0) is 19.4 Å². The number of esters is 1. The van der Waals surface area contributed by atoms with Crippen molar-refractivity contribution in [3.63, 3.8) is 0 Å². The van der Waals surface area contributed by atoms with Gasteiger partial charge in [-0.2, -0.15) is 13.2 Å². The maximum absolute atomic E-state index is 13.0. The third kappa shape index (κ3) is 4.68. The molecule has 1 aromatic rings. The van der Waals surface area contributed by atoms with Crippen molar-refractivity contribution in [3.05, 3.63) is 35.9 Å². The first-order valence-corrected chi connectivity index (χ1v) is 6.17. The largest absolute Gasteiger partial charge is 0.466 e. The topological polar surface area (TPSA) is 38.7 Å². The standard InChI is InChI=1S/C14H16F3NO2/c1-3-20-13(19)10(2)12(14(15,16)17)18-9-11-7-5-4-6-8-11/h4-10,12H,3H2,1-2H3/t10-,12-/m0/s1. The van der Waals surface area contributed by atoms with E-state index in [-0.39, 0.29) is 6.61 Å². The number of aliphatic imine (C=N–C) groups is 1. The Morgan fingerprint density at radius 2 is 1.95 bits per heavy atom. The molecule has 0 saturated heterocycles. The maximum Gasteiger partial charge on any atom is 0.411 e. The van der Waals surface area contributed by atoms with E-state index in [9.17, 15) is 18.0 Å². The molecule has 0 radical (unpaired) electrons. The predicted molar refractivity (Wildman–Crippen MR) is 69.7 cm³/mol. The van der Waals surface area contributed by atoms with Crippen molar-refractivity contribution in [2.75, 3.05) is 6.61 Å². The average Bonchev–Trinajstić information content (AvgIpc) is 2.38. The quantitative estimate of drug-likeness (QED) is 0.616. The second-order valence-electron chi connectivity index (χ2n) is 4.22. The summed E-state index contributed by atoms with van der Waals surface area (Å²) in [6.45, 7) is 2.75. The van der Waals surface area contributed by atoms with Crippen LogP contribution in [0, 0.1) is 5.92 Å². The number of benzene rings is 1. The molecule has 0 aromatic heterocycles. The number of halogens is 3. The molecule has 0 unspecified atom stereocenters. The SMILES string of the molecule is CCOC(=O)[C@@H](C)[C@H](N=Cc1ccccc1)C(F)(F)F. The second-order valence-corrected chi connectivity index (χ2v) is 4.22. The van der Waals surface area contributed by atoms with E-state index < -0.39 is 24.1 Å². The molecule has 0 fully saturated rings. The summed E-state index contributed by atoms with van der Waals surface area (Å²) in [6, 6.07) is 6.29. The van der Waals surface area contributed by atoms with Gasteiger partial charge in [0.15, 0.2) is 6.04 Å². The van der Waals surface area contributed by atoms with E-state index in [0.717, 1.165) is 6.21 Å². The molecule has 0 N–H and O–H groups in total. The molecule has 0 heterocycles. The van der Waals surface area contributed by atoms with E-state index >= 15 is 0 Å². The molecule has 20 heavy (non-hydrogen) atoms. The maximum atomic E-state index is 13.0. The molecular formula is C14H16F3NO2. The molecule has 0 saturated carbocycles. The smallest absolute Gasteiger partial charge is 0.411 e. The summed E-state index contributed by atoms with van der Waals surface area (Å²) in [6.07, 6.45) is -3.48. The summed E-state index contributed by atoms with van der Waals surface area (Å²) < 4.78 is 43.5. The lowest BCUT2D eigenvalue weighted by atomic mass is 10.0. The Hall–Kier alpha value is -1.85. The van der Waals surface area contributed by atoms with Gasteiger partial charge in [0, 0.05) is 6.21 Å². The molecule has 2 atom stereocenters. The average molecular weight is 287 g/mol. The predicted octanol–water partition coefficient (Wildman–Crippen LogP) is 3.24. The van der Waals surface area contributed by atoms with E-state index in [1.54, 1.807) is 37.3 Å². The summed E-state index contributed by atoms with van der Waals surface area (Å²) in [5, 5.41) is 0. The Morgan fingerprint density at radius 1 is 1.35 bits per heavy atom. The fourth-order valence-electron chi connectivity index (χ4n) is 1.61. The Kier molecular flexibility index (Phi) is 5.73. The molecule has 0 aliphatic rings. The lowest BCUT2D eigenvalue weighted by Crippen LogP contribution is -2.38. The van der Waals surface area contributed by atoms with Crippen molar-refractivity contribution in [1.82, 2.24) is 0 Å². The summed E-state index contributed by atoms with van der Waals surface area (Å²) in [4.78, 5) is 15.0. The van der Waals surface area contributed by atoms with Gasteiger partial charge in [0.25, 0.3) is 0 Å². The highest BCUT2D eigenvalue weighted by molar-refractivity contribution is 5.80. The first kappa shape index (κ1) is 16.2. The number of rotatable bonds is 5. The Bertz CT molecular complexity index is 457. The minimum atomic E-state index is -4.60. The van der Waals surface area contributed by atoms with Crippen LogP contribution in [0.15, 0.2) is 35.3 Å². The zero-order valence-electron chi connectivity index (χ0n) is 11.2. The van der Waals surface area contributed by atoms with Gasteiger partial charge in [0.05, 0.1) is 12.5 Å². The van der Waals surface area contributed by atoms with Gasteiger partial charge in [-0.25, -0.2) is 0 Å². The van der Waals surface area contributed by atoms with Crippen LogP contribution < -0.4 is 0 Å². The van der Waals surface area contributed by atoms with E-state index in [2.05, 4.69) is 9.73 Å². The van der Waals surface area contributed by atoms with Crippen molar-refractivity contribution in [1.29, 1.82) is 0 Å². The van der Waals surface area contributed by atoms with Gasteiger partial charge in [-0.3, -0.25) is 9.79 Å². The minimum Gasteiger partial charge on any atom is -0.466 e. The highest BCUT2D eigenvalue weighted by Crippen LogP contribution is 2.29. The molecule has 0 amide bonds. The summed E-state index contributed by atoms with van der Waals surface area (Å²) in [5.74, 6) is -2.28.